The van der Waals surface area contributed by atoms with Crippen molar-refractivity contribution in [3.8, 4) is 10.6 Å². The number of aromatic nitrogens is 1. The van der Waals surface area contributed by atoms with Crippen LogP contribution in [0.15, 0.2) is 50.4 Å². The summed E-state index contributed by atoms with van der Waals surface area (Å²) < 4.78 is 33.7. The number of hydrogen-bond donors (Lipinski definition) is 1. The normalized spacial score (nSPS) is 11.6. The van der Waals surface area contributed by atoms with Crippen LogP contribution in [0.2, 0.25) is 0 Å². The number of nitrogens with one attached hydrogen (secondary N) is 1. The molecule has 0 aliphatic heterocycles. The van der Waals surface area contributed by atoms with Crippen molar-refractivity contribution in [2.75, 3.05) is 4.72 Å². The first-order chi connectivity index (χ1) is 10.9. The maximum Gasteiger partial charge on any atom is 0.263 e. The summed E-state index contributed by atoms with van der Waals surface area (Å²) in [6, 6.07) is 8.74. The number of rotatable bonds is 4. The summed E-state index contributed by atoms with van der Waals surface area (Å²) in [6.07, 6.45) is 1.53. The third kappa shape index (κ3) is 3.34. The van der Waals surface area contributed by atoms with Crippen molar-refractivity contribution in [2.24, 2.45) is 0 Å². The molecule has 0 fully saturated rings. The number of thiophene rings is 1. The number of aryl methyl sites for hydroxylation is 2. The van der Waals surface area contributed by atoms with Crippen LogP contribution in [-0.2, 0) is 10.0 Å². The molecular formula is C15H13BrN2O3S2. The molecule has 0 bridgehead atoms. The summed E-state index contributed by atoms with van der Waals surface area (Å²) in [5.41, 5.74) is 1.54. The smallest absolute Gasteiger partial charge is 0.263 e. The Morgan fingerprint density at radius 2 is 2.00 bits per heavy atom. The van der Waals surface area contributed by atoms with Gasteiger partial charge in [-0.15, -0.1) is 11.3 Å². The molecule has 0 aliphatic carbocycles. The third-order valence-electron chi connectivity index (χ3n) is 3.21. The van der Waals surface area contributed by atoms with Crippen molar-refractivity contribution in [3.63, 3.8) is 0 Å². The molecule has 0 radical (unpaired) electrons. The molecule has 0 aliphatic rings. The van der Waals surface area contributed by atoms with Crippen LogP contribution in [-0.4, -0.2) is 13.6 Å². The average Bonchev–Trinajstić information content (AvgIpc) is 3.11. The van der Waals surface area contributed by atoms with Gasteiger partial charge in [-0.05, 0) is 53.5 Å². The van der Waals surface area contributed by atoms with Gasteiger partial charge in [0, 0.05) is 15.4 Å². The molecule has 0 saturated heterocycles. The van der Waals surface area contributed by atoms with Gasteiger partial charge in [0.1, 0.15) is 4.90 Å². The quantitative estimate of drug-likeness (QED) is 0.680. The lowest BCUT2D eigenvalue weighted by atomic mass is 10.2. The molecular weight excluding hydrogens is 400 g/mol. The molecule has 2 aromatic heterocycles. The first-order valence-electron chi connectivity index (χ1n) is 6.67. The van der Waals surface area contributed by atoms with Crippen molar-refractivity contribution in [3.05, 3.63) is 51.4 Å². The van der Waals surface area contributed by atoms with E-state index in [1.165, 1.54) is 17.5 Å². The van der Waals surface area contributed by atoms with Crippen molar-refractivity contribution in [2.45, 2.75) is 18.7 Å². The molecule has 1 N–H and O–H groups in total. The van der Waals surface area contributed by atoms with Crippen LogP contribution >= 0.6 is 27.3 Å². The lowest BCUT2D eigenvalue weighted by molar-refractivity contribution is 0.433. The van der Waals surface area contributed by atoms with E-state index < -0.39 is 10.0 Å². The van der Waals surface area contributed by atoms with Crippen molar-refractivity contribution in [1.82, 2.24) is 5.16 Å². The van der Waals surface area contributed by atoms with E-state index in [9.17, 15) is 8.42 Å². The summed E-state index contributed by atoms with van der Waals surface area (Å²) in [7, 11) is -3.68. The molecule has 0 unspecified atom stereocenters. The molecule has 0 saturated carbocycles. The second-order valence-electron chi connectivity index (χ2n) is 5.00. The van der Waals surface area contributed by atoms with E-state index in [4.69, 9.17) is 4.52 Å². The van der Waals surface area contributed by atoms with Gasteiger partial charge in [-0.2, -0.15) is 0 Å². The van der Waals surface area contributed by atoms with Crippen LogP contribution in [0, 0.1) is 13.8 Å². The number of sulfonamides is 1. The zero-order valence-corrected chi connectivity index (χ0v) is 15.5. The summed E-state index contributed by atoms with van der Waals surface area (Å²) >= 11 is 4.73. The maximum atomic E-state index is 12.7. The molecule has 0 amide bonds. The minimum atomic E-state index is -3.68. The van der Waals surface area contributed by atoms with Crippen molar-refractivity contribution in [1.29, 1.82) is 0 Å². The van der Waals surface area contributed by atoms with Gasteiger partial charge in [0.15, 0.2) is 5.76 Å². The molecule has 0 spiro atoms. The molecule has 23 heavy (non-hydrogen) atoms. The van der Waals surface area contributed by atoms with Crippen LogP contribution < -0.4 is 4.72 Å². The number of benzene rings is 1. The van der Waals surface area contributed by atoms with Crippen LogP contribution in [0.3, 0.4) is 0 Å². The van der Waals surface area contributed by atoms with Crippen LogP contribution in [0.5, 0.6) is 0 Å². The van der Waals surface area contributed by atoms with E-state index in [-0.39, 0.29) is 4.90 Å². The zero-order chi connectivity index (χ0) is 16.6. The van der Waals surface area contributed by atoms with E-state index in [1.807, 2.05) is 19.1 Å². The Morgan fingerprint density at radius 1 is 1.22 bits per heavy atom. The van der Waals surface area contributed by atoms with E-state index in [0.717, 1.165) is 10.4 Å². The number of nitrogens with zero attached hydrogens (tertiary/aromatic N) is 1. The monoisotopic (exact) mass is 412 g/mol. The predicted molar refractivity (Wildman–Crippen MR) is 94.2 cm³/mol. The minimum Gasteiger partial charge on any atom is -0.355 e. The molecule has 2 heterocycles. The minimum absolute atomic E-state index is 0.237. The molecule has 8 heteroatoms. The fourth-order valence-electron chi connectivity index (χ4n) is 2.10. The molecule has 3 aromatic rings. The van der Waals surface area contributed by atoms with Crippen LogP contribution in [0.4, 0.5) is 5.69 Å². The molecule has 3 rings (SSSR count). The van der Waals surface area contributed by atoms with Gasteiger partial charge in [0.2, 0.25) is 0 Å². The van der Waals surface area contributed by atoms with E-state index in [1.54, 1.807) is 25.1 Å². The fourth-order valence-corrected chi connectivity index (χ4v) is 5.45. The summed E-state index contributed by atoms with van der Waals surface area (Å²) in [4.78, 5) is 1.65. The van der Waals surface area contributed by atoms with Gasteiger partial charge in [0.25, 0.3) is 10.0 Å². The topological polar surface area (TPSA) is 72.2 Å². The second kappa shape index (κ2) is 6.10. The summed E-state index contributed by atoms with van der Waals surface area (Å²) in [5, 5.41) is 3.65. The lowest BCUT2D eigenvalue weighted by Crippen LogP contribution is -2.13. The molecule has 1 aromatic carbocycles. The Balaban J connectivity index is 1.97. The highest BCUT2D eigenvalue weighted by molar-refractivity contribution is 9.10. The largest absolute Gasteiger partial charge is 0.355 e. The van der Waals surface area contributed by atoms with Gasteiger partial charge in [-0.25, -0.2) is 8.42 Å². The Kier molecular flexibility index (Phi) is 4.31. The lowest BCUT2D eigenvalue weighted by Gasteiger charge is -2.10. The van der Waals surface area contributed by atoms with Crippen LogP contribution in [0.1, 0.15) is 10.4 Å². The van der Waals surface area contributed by atoms with Gasteiger partial charge in [-0.3, -0.25) is 4.72 Å². The Morgan fingerprint density at radius 3 is 2.65 bits per heavy atom. The Hall–Kier alpha value is -1.64. The van der Waals surface area contributed by atoms with Gasteiger partial charge >= 0.3 is 0 Å². The summed E-state index contributed by atoms with van der Waals surface area (Å²) in [5.74, 6) is 0.552. The van der Waals surface area contributed by atoms with E-state index >= 15 is 0 Å². The average molecular weight is 413 g/mol. The first-order valence-corrected chi connectivity index (χ1v) is 9.76. The summed E-state index contributed by atoms with van der Waals surface area (Å²) in [6.45, 7) is 3.71. The van der Waals surface area contributed by atoms with E-state index in [0.29, 0.717) is 20.8 Å². The SMILES string of the molecule is Cc1ccc(NS(=O)(=O)c2cc(-c3ccno3)sc2C)c(Br)c1. The number of halogens is 1. The number of hydrogen-bond acceptors (Lipinski definition) is 5. The van der Waals surface area contributed by atoms with E-state index in [2.05, 4.69) is 25.8 Å². The Bertz CT molecular complexity index is 947. The van der Waals surface area contributed by atoms with Crippen molar-refractivity contribution < 1.29 is 12.9 Å². The highest BCUT2D eigenvalue weighted by atomic mass is 79.9. The fraction of sp³-hybridized carbons (Fsp3) is 0.133. The van der Waals surface area contributed by atoms with Crippen molar-refractivity contribution >= 4 is 43.0 Å². The standard InChI is InChI=1S/C15H13BrN2O3S2/c1-9-3-4-12(11(16)7-9)18-23(19,20)15-8-14(22-10(15)2)13-5-6-17-21-13/h3-8,18H,1-2H3. The molecule has 0 atom stereocenters. The zero-order valence-electron chi connectivity index (χ0n) is 12.3. The highest BCUT2D eigenvalue weighted by Gasteiger charge is 2.22. The first kappa shape index (κ1) is 16.2. The van der Waals surface area contributed by atoms with Crippen LogP contribution in [0.25, 0.3) is 10.6 Å². The number of anilines is 1. The van der Waals surface area contributed by atoms with Gasteiger partial charge in [0.05, 0.1) is 16.8 Å². The third-order valence-corrected chi connectivity index (χ3v) is 6.55. The second-order valence-corrected chi connectivity index (χ2v) is 8.76. The van der Waals surface area contributed by atoms with Gasteiger partial charge in [-0.1, -0.05) is 11.2 Å². The molecule has 120 valence electrons. The predicted octanol–water partition coefficient (Wildman–Crippen LogP) is 4.58. The molecule has 5 nitrogen and oxygen atoms in total. The Labute approximate surface area is 146 Å². The highest BCUT2D eigenvalue weighted by Crippen LogP contribution is 2.35. The maximum absolute atomic E-state index is 12.7. The van der Waals surface area contributed by atoms with Gasteiger partial charge < -0.3 is 4.52 Å².